The molecule has 2 aliphatic heterocycles. The third-order valence-corrected chi connectivity index (χ3v) is 7.11. The molecule has 1 saturated carbocycles. The van der Waals surface area contributed by atoms with Gasteiger partial charge in [0.25, 0.3) is 5.91 Å². The number of amides is 1. The van der Waals surface area contributed by atoms with Crippen molar-refractivity contribution >= 4 is 5.91 Å². The maximum Gasteiger partial charge on any atom is 0.258 e. The van der Waals surface area contributed by atoms with Crippen LogP contribution in [-0.2, 0) is 20.5 Å². The van der Waals surface area contributed by atoms with Crippen molar-refractivity contribution in [2.75, 3.05) is 0 Å². The summed E-state index contributed by atoms with van der Waals surface area (Å²) in [6.07, 6.45) is 5.97. The van der Waals surface area contributed by atoms with E-state index in [-0.39, 0.29) is 23.6 Å². The van der Waals surface area contributed by atoms with Crippen molar-refractivity contribution in [3.63, 3.8) is 0 Å². The van der Waals surface area contributed by atoms with Crippen molar-refractivity contribution in [2.24, 2.45) is 14.1 Å². The summed E-state index contributed by atoms with van der Waals surface area (Å²) in [4.78, 5) is 15.5. The van der Waals surface area contributed by atoms with Gasteiger partial charge < -0.3 is 4.90 Å². The first kappa shape index (κ1) is 19.6. The quantitative estimate of drug-likeness (QED) is 0.577. The number of aromatic nitrogens is 4. The number of aryl methyl sites for hydroxylation is 2. The molecule has 3 aromatic rings. The number of fused-ring (bicyclic) bond motifs is 4. The molecular formula is C23H22F3N5O. The summed E-state index contributed by atoms with van der Waals surface area (Å²) in [5, 5.41) is 8.99. The third-order valence-electron chi connectivity index (χ3n) is 7.11. The molecule has 1 aliphatic carbocycles. The zero-order valence-electron chi connectivity index (χ0n) is 17.8. The van der Waals surface area contributed by atoms with Crippen LogP contribution >= 0.6 is 0 Å². The minimum Gasteiger partial charge on any atom is -0.327 e. The number of nitrogens with zero attached hydrogens (tertiary/aromatic N) is 5. The van der Waals surface area contributed by atoms with Crippen molar-refractivity contribution in [1.82, 2.24) is 24.5 Å². The Bertz CT molecular complexity index is 1250. The molecule has 0 spiro atoms. The summed E-state index contributed by atoms with van der Waals surface area (Å²) in [5.74, 6) is -3.57. The molecule has 4 heterocycles. The van der Waals surface area contributed by atoms with Gasteiger partial charge in [-0.15, -0.1) is 0 Å². The van der Waals surface area contributed by atoms with Crippen LogP contribution in [0.1, 0.15) is 65.0 Å². The normalized spacial score (nSPS) is 21.8. The van der Waals surface area contributed by atoms with E-state index in [9.17, 15) is 18.0 Å². The van der Waals surface area contributed by atoms with E-state index in [1.54, 1.807) is 22.6 Å². The molecule has 3 aliphatic rings. The molecule has 6 nitrogen and oxygen atoms in total. The summed E-state index contributed by atoms with van der Waals surface area (Å²) in [7, 11) is 3.58. The number of hydrogen-bond acceptors (Lipinski definition) is 3. The Kier molecular flexibility index (Phi) is 4.10. The lowest BCUT2D eigenvalue weighted by atomic mass is 9.94. The highest BCUT2D eigenvalue weighted by atomic mass is 19.2. The fourth-order valence-electron chi connectivity index (χ4n) is 5.60. The Morgan fingerprint density at radius 3 is 2.44 bits per heavy atom. The number of benzene rings is 1. The van der Waals surface area contributed by atoms with Gasteiger partial charge in [-0.1, -0.05) is 0 Å². The molecule has 2 fully saturated rings. The number of carbonyl (C=O) groups is 1. The fraction of sp³-hybridized carbons (Fsp3) is 0.435. The molecule has 0 radical (unpaired) electrons. The highest BCUT2D eigenvalue weighted by Crippen LogP contribution is 2.48. The Hall–Kier alpha value is -3.10. The Morgan fingerprint density at radius 1 is 1.03 bits per heavy atom. The van der Waals surface area contributed by atoms with Gasteiger partial charge in [0.15, 0.2) is 17.5 Å². The highest BCUT2D eigenvalue weighted by Gasteiger charge is 2.47. The van der Waals surface area contributed by atoms with E-state index >= 15 is 0 Å². The molecule has 0 N–H and O–H groups in total. The van der Waals surface area contributed by atoms with Crippen LogP contribution in [0, 0.1) is 17.5 Å². The van der Waals surface area contributed by atoms with E-state index in [0.717, 1.165) is 54.8 Å². The second kappa shape index (κ2) is 6.70. The van der Waals surface area contributed by atoms with Crippen LogP contribution in [0.4, 0.5) is 13.2 Å². The molecule has 2 atom stereocenters. The Balaban J connectivity index is 1.41. The van der Waals surface area contributed by atoms with Crippen molar-refractivity contribution in [3.8, 4) is 11.3 Å². The molecule has 0 unspecified atom stereocenters. The summed E-state index contributed by atoms with van der Waals surface area (Å²) < 4.78 is 44.7. The summed E-state index contributed by atoms with van der Waals surface area (Å²) in [6.45, 7) is 0. The van der Waals surface area contributed by atoms with E-state index in [1.165, 1.54) is 0 Å². The molecule has 32 heavy (non-hydrogen) atoms. The van der Waals surface area contributed by atoms with Gasteiger partial charge in [-0.2, -0.15) is 10.2 Å². The van der Waals surface area contributed by atoms with E-state index in [2.05, 4.69) is 10.2 Å². The van der Waals surface area contributed by atoms with Gasteiger partial charge in [0.1, 0.15) is 0 Å². The summed E-state index contributed by atoms with van der Waals surface area (Å²) in [5.41, 5.74) is 4.12. The van der Waals surface area contributed by atoms with Crippen molar-refractivity contribution in [2.45, 2.75) is 50.1 Å². The minimum absolute atomic E-state index is 0.0228. The summed E-state index contributed by atoms with van der Waals surface area (Å²) in [6, 6.07) is 1.79. The third kappa shape index (κ3) is 2.69. The minimum atomic E-state index is -1.48. The molecule has 9 heteroatoms. The maximum absolute atomic E-state index is 13.9. The first-order chi connectivity index (χ1) is 15.3. The number of hydrogen-bond donors (Lipinski definition) is 0. The van der Waals surface area contributed by atoms with Gasteiger partial charge in [-0.3, -0.25) is 14.2 Å². The van der Waals surface area contributed by atoms with Crippen molar-refractivity contribution < 1.29 is 18.0 Å². The van der Waals surface area contributed by atoms with Gasteiger partial charge in [0, 0.05) is 37.2 Å². The SMILES string of the molecule is Cn1nc2c(c1-c1cc(F)c(F)c(F)c1)C[C@H]1CC[C@@H]2N1C(=O)c1cnn(C)c1C1CC1. The van der Waals surface area contributed by atoms with Crippen LogP contribution in [-0.4, -0.2) is 36.4 Å². The van der Waals surface area contributed by atoms with Gasteiger partial charge in [-0.25, -0.2) is 13.2 Å². The average molecular weight is 441 g/mol. The first-order valence-corrected chi connectivity index (χ1v) is 10.9. The van der Waals surface area contributed by atoms with Gasteiger partial charge in [-0.05, 0) is 44.2 Å². The van der Waals surface area contributed by atoms with Crippen molar-refractivity contribution in [1.29, 1.82) is 0 Å². The van der Waals surface area contributed by atoms with Crippen LogP contribution in [0.2, 0.25) is 0 Å². The first-order valence-electron chi connectivity index (χ1n) is 10.9. The predicted octanol–water partition coefficient (Wildman–Crippen LogP) is 4.02. The Labute approximate surface area is 182 Å². The van der Waals surface area contributed by atoms with Crippen molar-refractivity contribution in [3.05, 3.63) is 58.3 Å². The van der Waals surface area contributed by atoms with Crippen LogP contribution in [0.5, 0.6) is 0 Å². The smallest absolute Gasteiger partial charge is 0.258 e. The second-order valence-electron chi connectivity index (χ2n) is 9.09. The molecule has 2 aromatic heterocycles. The monoisotopic (exact) mass is 441 g/mol. The van der Waals surface area contributed by atoms with E-state index in [0.29, 0.717) is 23.6 Å². The van der Waals surface area contributed by atoms with Gasteiger partial charge >= 0.3 is 0 Å². The van der Waals surface area contributed by atoms with E-state index < -0.39 is 17.5 Å². The van der Waals surface area contributed by atoms with Gasteiger partial charge in [0.2, 0.25) is 0 Å². The fourth-order valence-corrected chi connectivity index (χ4v) is 5.60. The van der Waals surface area contributed by atoms with Gasteiger partial charge in [0.05, 0.1) is 34.9 Å². The highest BCUT2D eigenvalue weighted by molar-refractivity contribution is 5.96. The Morgan fingerprint density at radius 2 is 1.75 bits per heavy atom. The second-order valence-corrected chi connectivity index (χ2v) is 9.09. The van der Waals surface area contributed by atoms with Crippen LogP contribution < -0.4 is 0 Å². The molecule has 6 rings (SSSR count). The topological polar surface area (TPSA) is 56.0 Å². The largest absolute Gasteiger partial charge is 0.327 e. The zero-order chi connectivity index (χ0) is 22.3. The molecule has 1 aromatic carbocycles. The maximum atomic E-state index is 13.9. The lowest BCUT2D eigenvalue weighted by Gasteiger charge is -2.34. The van der Waals surface area contributed by atoms with E-state index in [4.69, 9.17) is 0 Å². The van der Waals surface area contributed by atoms with Crippen LogP contribution in [0.25, 0.3) is 11.3 Å². The number of carbonyl (C=O) groups excluding carboxylic acids is 1. The summed E-state index contributed by atoms with van der Waals surface area (Å²) >= 11 is 0. The molecule has 1 amide bonds. The zero-order valence-corrected chi connectivity index (χ0v) is 17.8. The lowest BCUT2D eigenvalue weighted by molar-refractivity contribution is 0.0641. The standard InChI is InChI=1S/C23H22F3N5O/c1-29-21(11-3-4-11)15(10-27-29)23(32)31-13-5-6-18(31)20-14(9-13)22(30(2)28-20)12-7-16(24)19(26)17(25)8-12/h7-8,10-11,13,18H,3-6,9H2,1-2H3/t13-,18+/m1/s1. The van der Waals surface area contributed by atoms with Crippen LogP contribution in [0.3, 0.4) is 0 Å². The molecule has 1 saturated heterocycles. The van der Waals surface area contributed by atoms with Crippen LogP contribution in [0.15, 0.2) is 18.3 Å². The molecule has 166 valence electrons. The van der Waals surface area contributed by atoms with E-state index in [1.807, 2.05) is 11.9 Å². The molecular weight excluding hydrogens is 419 g/mol. The number of halogens is 3. The predicted molar refractivity (Wildman–Crippen MR) is 109 cm³/mol. The molecule has 2 bridgehead atoms. The average Bonchev–Trinajstić information content (AvgIpc) is 3.31. The number of rotatable bonds is 3. The lowest BCUT2D eigenvalue weighted by Crippen LogP contribution is -2.42.